The molecule has 0 amide bonds. The summed E-state index contributed by atoms with van der Waals surface area (Å²) >= 11 is 5.94. The Morgan fingerprint density at radius 1 is 1.27 bits per heavy atom. The van der Waals surface area contributed by atoms with E-state index in [2.05, 4.69) is 4.72 Å². The average Bonchev–Trinajstić information content (AvgIpc) is 2.46. The summed E-state index contributed by atoms with van der Waals surface area (Å²) in [5.41, 5.74) is 1.26. The van der Waals surface area contributed by atoms with E-state index in [-0.39, 0.29) is 10.6 Å². The standard InChI is InChI=1S/C15H13ClN2O3S/c1-10-6-12(16)8-14(15(10)21-2)22(19,20)18-13-5-3-4-11(7-13)9-17/h3-8,18H,1-2H3. The van der Waals surface area contributed by atoms with Gasteiger partial charge in [-0.05, 0) is 42.8 Å². The van der Waals surface area contributed by atoms with Crippen molar-refractivity contribution in [1.82, 2.24) is 0 Å². The molecule has 22 heavy (non-hydrogen) atoms. The molecule has 0 atom stereocenters. The number of aryl methyl sites for hydroxylation is 1. The van der Waals surface area contributed by atoms with Crippen LogP contribution in [0.3, 0.4) is 0 Å². The van der Waals surface area contributed by atoms with Gasteiger partial charge < -0.3 is 4.74 Å². The van der Waals surface area contributed by atoms with Crippen LogP contribution in [0.4, 0.5) is 5.69 Å². The summed E-state index contributed by atoms with van der Waals surface area (Å²) in [6, 6.07) is 11.1. The van der Waals surface area contributed by atoms with Gasteiger partial charge in [-0.15, -0.1) is 0 Å². The summed E-state index contributed by atoms with van der Waals surface area (Å²) in [5, 5.41) is 9.16. The molecule has 0 radical (unpaired) electrons. The molecule has 114 valence electrons. The molecule has 0 aliphatic rings. The second kappa shape index (κ2) is 6.26. The number of nitrogens with one attached hydrogen (secondary N) is 1. The van der Waals surface area contributed by atoms with Gasteiger partial charge in [0.15, 0.2) is 0 Å². The Morgan fingerprint density at radius 3 is 2.64 bits per heavy atom. The van der Waals surface area contributed by atoms with E-state index >= 15 is 0 Å². The molecule has 0 unspecified atom stereocenters. The molecule has 7 heteroatoms. The first-order valence-corrected chi connectivity index (χ1v) is 8.10. The zero-order chi connectivity index (χ0) is 16.3. The van der Waals surface area contributed by atoms with Gasteiger partial charge in [-0.1, -0.05) is 17.7 Å². The number of nitriles is 1. The maximum absolute atomic E-state index is 12.6. The fourth-order valence-corrected chi connectivity index (χ4v) is 3.68. The third-order valence-corrected chi connectivity index (χ3v) is 4.55. The van der Waals surface area contributed by atoms with Crippen LogP contribution in [0.15, 0.2) is 41.3 Å². The molecule has 2 rings (SSSR count). The van der Waals surface area contributed by atoms with Crippen LogP contribution in [0, 0.1) is 18.3 Å². The Balaban J connectivity index is 2.49. The molecule has 0 fully saturated rings. The van der Waals surface area contributed by atoms with Gasteiger partial charge in [-0.25, -0.2) is 8.42 Å². The van der Waals surface area contributed by atoms with E-state index in [4.69, 9.17) is 21.6 Å². The molecule has 0 aromatic heterocycles. The normalized spacial score (nSPS) is 10.8. The number of rotatable bonds is 4. The van der Waals surface area contributed by atoms with E-state index in [1.807, 2.05) is 6.07 Å². The van der Waals surface area contributed by atoms with Crippen LogP contribution in [-0.2, 0) is 10.0 Å². The van der Waals surface area contributed by atoms with Crippen LogP contribution >= 0.6 is 11.6 Å². The van der Waals surface area contributed by atoms with Crippen molar-refractivity contribution in [1.29, 1.82) is 5.26 Å². The zero-order valence-corrected chi connectivity index (χ0v) is 13.5. The molecule has 0 bridgehead atoms. The lowest BCUT2D eigenvalue weighted by molar-refractivity contribution is 0.399. The summed E-state index contributed by atoms with van der Waals surface area (Å²) < 4.78 is 32.7. The van der Waals surface area contributed by atoms with Crippen LogP contribution < -0.4 is 9.46 Å². The van der Waals surface area contributed by atoms with E-state index in [0.29, 0.717) is 21.8 Å². The molecule has 5 nitrogen and oxygen atoms in total. The minimum absolute atomic E-state index is 0.0534. The summed E-state index contributed by atoms with van der Waals surface area (Å²) in [7, 11) is -2.50. The van der Waals surface area contributed by atoms with Gasteiger partial charge in [0.25, 0.3) is 10.0 Å². The van der Waals surface area contributed by atoms with E-state index in [0.717, 1.165) is 0 Å². The molecular weight excluding hydrogens is 324 g/mol. The zero-order valence-electron chi connectivity index (χ0n) is 11.9. The average molecular weight is 337 g/mol. The maximum Gasteiger partial charge on any atom is 0.265 e. The maximum atomic E-state index is 12.6. The fourth-order valence-electron chi connectivity index (χ4n) is 2.02. The predicted molar refractivity (Wildman–Crippen MR) is 84.7 cm³/mol. The van der Waals surface area contributed by atoms with Crippen LogP contribution in [-0.4, -0.2) is 15.5 Å². The van der Waals surface area contributed by atoms with Crippen LogP contribution in [0.25, 0.3) is 0 Å². The number of methoxy groups -OCH3 is 1. The van der Waals surface area contributed by atoms with Gasteiger partial charge in [0.1, 0.15) is 10.6 Å². The molecule has 2 aromatic rings. The van der Waals surface area contributed by atoms with Crippen LogP contribution in [0.2, 0.25) is 5.02 Å². The molecule has 0 saturated heterocycles. The molecule has 1 N–H and O–H groups in total. The van der Waals surface area contributed by atoms with Crippen molar-refractivity contribution in [3.63, 3.8) is 0 Å². The van der Waals surface area contributed by atoms with Gasteiger partial charge in [-0.2, -0.15) is 5.26 Å². The Bertz CT molecular complexity index is 858. The number of halogens is 1. The highest BCUT2D eigenvalue weighted by Crippen LogP contribution is 2.32. The van der Waals surface area contributed by atoms with E-state index in [9.17, 15) is 8.42 Å². The van der Waals surface area contributed by atoms with Gasteiger partial charge >= 0.3 is 0 Å². The topological polar surface area (TPSA) is 79.2 Å². The molecule has 0 aliphatic heterocycles. The molecule has 0 aliphatic carbocycles. The number of nitrogens with zero attached hydrogens (tertiary/aromatic N) is 1. The lowest BCUT2D eigenvalue weighted by Crippen LogP contribution is -2.14. The number of sulfonamides is 1. The van der Waals surface area contributed by atoms with Crippen molar-refractivity contribution in [2.24, 2.45) is 0 Å². The summed E-state index contributed by atoms with van der Waals surface area (Å²) in [5.74, 6) is 0.230. The van der Waals surface area contributed by atoms with Crippen molar-refractivity contribution in [3.8, 4) is 11.8 Å². The monoisotopic (exact) mass is 336 g/mol. The Labute approximate surface area is 134 Å². The largest absolute Gasteiger partial charge is 0.495 e. The first-order chi connectivity index (χ1) is 10.4. The van der Waals surface area contributed by atoms with Gasteiger partial charge in [-0.3, -0.25) is 4.72 Å². The van der Waals surface area contributed by atoms with Gasteiger partial charge in [0, 0.05) is 5.02 Å². The molecule has 0 saturated carbocycles. The Hall–Kier alpha value is -2.23. The van der Waals surface area contributed by atoms with Crippen LogP contribution in [0.5, 0.6) is 5.75 Å². The highest BCUT2D eigenvalue weighted by Gasteiger charge is 2.22. The van der Waals surface area contributed by atoms with Gasteiger partial charge in [0.05, 0.1) is 24.4 Å². The third kappa shape index (κ3) is 3.32. The van der Waals surface area contributed by atoms with Crippen molar-refractivity contribution in [2.45, 2.75) is 11.8 Å². The lowest BCUT2D eigenvalue weighted by Gasteiger charge is -2.14. The van der Waals surface area contributed by atoms with Crippen LogP contribution in [0.1, 0.15) is 11.1 Å². The quantitative estimate of drug-likeness (QED) is 0.928. The second-order valence-electron chi connectivity index (χ2n) is 4.55. The van der Waals surface area contributed by atoms with E-state index in [1.165, 1.54) is 19.2 Å². The Morgan fingerprint density at radius 2 is 2.00 bits per heavy atom. The summed E-state index contributed by atoms with van der Waals surface area (Å²) in [6.07, 6.45) is 0. The van der Waals surface area contributed by atoms with Crippen molar-refractivity contribution in [2.75, 3.05) is 11.8 Å². The second-order valence-corrected chi connectivity index (χ2v) is 6.64. The first kappa shape index (κ1) is 16.1. The number of hydrogen-bond donors (Lipinski definition) is 1. The summed E-state index contributed by atoms with van der Waals surface area (Å²) in [6.45, 7) is 1.71. The predicted octanol–water partition coefficient (Wildman–Crippen LogP) is 3.33. The highest BCUT2D eigenvalue weighted by atomic mass is 35.5. The van der Waals surface area contributed by atoms with Crippen molar-refractivity contribution >= 4 is 27.3 Å². The van der Waals surface area contributed by atoms with E-state index < -0.39 is 10.0 Å². The number of anilines is 1. The van der Waals surface area contributed by atoms with Crippen molar-refractivity contribution in [3.05, 3.63) is 52.5 Å². The number of ether oxygens (including phenoxy) is 1. The number of benzene rings is 2. The fraction of sp³-hybridized carbons (Fsp3) is 0.133. The molecule has 2 aromatic carbocycles. The molecular formula is C15H13ClN2O3S. The summed E-state index contributed by atoms with van der Waals surface area (Å²) in [4.78, 5) is -0.0534. The minimum Gasteiger partial charge on any atom is -0.495 e. The van der Waals surface area contributed by atoms with Gasteiger partial charge in [0.2, 0.25) is 0 Å². The SMILES string of the molecule is COc1c(C)cc(Cl)cc1S(=O)(=O)Nc1cccc(C#N)c1. The highest BCUT2D eigenvalue weighted by molar-refractivity contribution is 7.92. The van der Waals surface area contributed by atoms with E-state index in [1.54, 1.807) is 31.2 Å². The van der Waals surface area contributed by atoms with Crippen molar-refractivity contribution < 1.29 is 13.2 Å². The smallest absolute Gasteiger partial charge is 0.265 e. The lowest BCUT2D eigenvalue weighted by atomic mass is 10.2. The third-order valence-electron chi connectivity index (χ3n) is 2.94. The molecule has 0 spiro atoms. The minimum atomic E-state index is -3.89. The first-order valence-electron chi connectivity index (χ1n) is 6.24. The number of hydrogen-bond acceptors (Lipinski definition) is 4. The Kier molecular flexibility index (Phi) is 4.59. The molecule has 0 heterocycles.